The lowest BCUT2D eigenvalue weighted by atomic mass is 10.3. The number of aromatic nitrogens is 3. The van der Waals surface area contributed by atoms with Gasteiger partial charge in [-0.2, -0.15) is 12.6 Å². The maximum Gasteiger partial charge on any atom is 0.274 e. The molecule has 1 atom stereocenters. The maximum atomic E-state index is 11.4. The van der Waals surface area contributed by atoms with Gasteiger partial charge < -0.3 is 10.1 Å². The largest absolute Gasteiger partial charge is 0.340 e. The Morgan fingerprint density at radius 3 is 3.00 bits per heavy atom. The highest BCUT2D eigenvalue weighted by Crippen LogP contribution is 1.92. The van der Waals surface area contributed by atoms with Crippen LogP contribution in [-0.2, 0) is 11.8 Å². The summed E-state index contributed by atoms with van der Waals surface area (Å²) in [6.07, 6.45) is 2.09. The van der Waals surface area contributed by atoms with Crippen molar-refractivity contribution >= 4 is 24.8 Å². The van der Waals surface area contributed by atoms with E-state index in [0.29, 0.717) is 6.29 Å². The zero-order chi connectivity index (χ0) is 10.6. The Bertz CT molecular complexity index is 338. The molecule has 0 radical (unpaired) electrons. The highest BCUT2D eigenvalue weighted by molar-refractivity contribution is 7.80. The van der Waals surface area contributed by atoms with E-state index in [1.165, 1.54) is 10.9 Å². The molecule has 1 aromatic heterocycles. The van der Waals surface area contributed by atoms with Crippen LogP contribution in [0.2, 0.25) is 0 Å². The van der Waals surface area contributed by atoms with Crippen molar-refractivity contribution < 1.29 is 9.59 Å². The molecule has 6 nitrogen and oxygen atoms in total. The molecule has 76 valence electrons. The van der Waals surface area contributed by atoms with Crippen molar-refractivity contribution in [2.75, 3.05) is 5.75 Å². The molecule has 1 rings (SSSR count). The van der Waals surface area contributed by atoms with Crippen molar-refractivity contribution in [2.24, 2.45) is 7.05 Å². The molecule has 1 unspecified atom stereocenters. The lowest BCUT2D eigenvalue weighted by Gasteiger charge is -2.07. The first-order chi connectivity index (χ1) is 6.67. The fourth-order valence-corrected chi connectivity index (χ4v) is 0.994. The number of rotatable bonds is 4. The number of hydrogen-bond acceptors (Lipinski definition) is 5. The van der Waals surface area contributed by atoms with E-state index < -0.39 is 11.9 Å². The van der Waals surface area contributed by atoms with Crippen LogP contribution in [0.25, 0.3) is 0 Å². The van der Waals surface area contributed by atoms with Crippen LogP contribution in [0.4, 0.5) is 0 Å². The minimum atomic E-state index is -0.590. The summed E-state index contributed by atoms with van der Waals surface area (Å²) in [5.41, 5.74) is 0.182. The first kappa shape index (κ1) is 10.7. The van der Waals surface area contributed by atoms with Crippen molar-refractivity contribution in [1.82, 2.24) is 20.3 Å². The number of amides is 1. The molecule has 0 bridgehead atoms. The van der Waals surface area contributed by atoms with Crippen molar-refractivity contribution in [1.29, 1.82) is 0 Å². The van der Waals surface area contributed by atoms with Crippen molar-refractivity contribution in [3.05, 3.63) is 11.9 Å². The topological polar surface area (TPSA) is 76.9 Å². The summed E-state index contributed by atoms with van der Waals surface area (Å²) in [6, 6.07) is -0.590. The third-order valence-electron chi connectivity index (χ3n) is 1.51. The summed E-state index contributed by atoms with van der Waals surface area (Å²) in [4.78, 5) is 21.8. The molecule has 0 aliphatic heterocycles. The molecule has 1 aromatic rings. The average molecular weight is 214 g/mol. The SMILES string of the molecule is Cn1cc(C(=O)NC(C=O)CS)nn1. The third-order valence-corrected chi connectivity index (χ3v) is 1.91. The molecule has 1 heterocycles. The number of nitrogens with zero attached hydrogens (tertiary/aromatic N) is 3. The molecule has 0 aliphatic rings. The summed E-state index contributed by atoms with van der Waals surface area (Å²) in [5, 5.41) is 9.64. The number of nitrogens with one attached hydrogen (secondary N) is 1. The highest BCUT2D eigenvalue weighted by atomic mass is 32.1. The van der Waals surface area contributed by atoms with Gasteiger partial charge in [-0.1, -0.05) is 5.21 Å². The van der Waals surface area contributed by atoms with Crippen LogP contribution >= 0.6 is 12.6 Å². The van der Waals surface area contributed by atoms with Crippen LogP contribution in [0.1, 0.15) is 10.5 Å². The van der Waals surface area contributed by atoms with Gasteiger partial charge in [0.2, 0.25) is 0 Å². The van der Waals surface area contributed by atoms with Crippen LogP contribution in [-0.4, -0.2) is 39.0 Å². The molecule has 0 fully saturated rings. The number of carbonyl (C=O) groups excluding carboxylic acids is 2. The van der Waals surface area contributed by atoms with E-state index in [1.807, 2.05) is 0 Å². The van der Waals surface area contributed by atoms with Crippen molar-refractivity contribution in [3.63, 3.8) is 0 Å². The molecule has 1 amide bonds. The van der Waals surface area contributed by atoms with Crippen molar-refractivity contribution in [2.45, 2.75) is 6.04 Å². The van der Waals surface area contributed by atoms with E-state index in [0.717, 1.165) is 0 Å². The van der Waals surface area contributed by atoms with Gasteiger partial charge in [0.25, 0.3) is 5.91 Å². The molecule has 0 aliphatic carbocycles. The quantitative estimate of drug-likeness (QED) is 0.500. The Balaban J connectivity index is 2.62. The van der Waals surface area contributed by atoms with Gasteiger partial charge in [0.15, 0.2) is 5.69 Å². The Kier molecular flexibility index (Phi) is 3.63. The van der Waals surface area contributed by atoms with E-state index in [2.05, 4.69) is 28.3 Å². The summed E-state index contributed by atoms with van der Waals surface area (Å²) in [7, 11) is 1.65. The standard InChI is InChI=1S/C7H10N4O2S/c1-11-2-6(9-10-11)7(13)8-5(3-12)4-14/h2-3,5,14H,4H2,1H3,(H,8,13). The summed E-state index contributed by atoms with van der Waals surface area (Å²) >= 11 is 3.90. The Morgan fingerprint density at radius 1 is 1.86 bits per heavy atom. The monoisotopic (exact) mass is 214 g/mol. The van der Waals surface area contributed by atoms with Crippen LogP contribution in [0, 0.1) is 0 Å². The lowest BCUT2D eigenvalue weighted by molar-refractivity contribution is -0.109. The molecule has 0 saturated heterocycles. The van der Waals surface area contributed by atoms with Gasteiger partial charge in [0.05, 0.1) is 12.2 Å². The first-order valence-corrected chi connectivity index (χ1v) is 4.54. The second-order valence-corrected chi connectivity index (χ2v) is 3.04. The lowest BCUT2D eigenvalue weighted by Crippen LogP contribution is -2.37. The van der Waals surface area contributed by atoms with Gasteiger partial charge in [0.1, 0.15) is 6.29 Å². The van der Waals surface area contributed by atoms with E-state index >= 15 is 0 Å². The Hall–Kier alpha value is -1.37. The fraction of sp³-hybridized carbons (Fsp3) is 0.429. The van der Waals surface area contributed by atoms with E-state index in [9.17, 15) is 9.59 Å². The molecular formula is C7H10N4O2S. The highest BCUT2D eigenvalue weighted by Gasteiger charge is 2.13. The second-order valence-electron chi connectivity index (χ2n) is 2.68. The normalized spacial score (nSPS) is 12.1. The molecule has 0 aromatic carbocycles. The Morgan fingerprint density at radius 2 is 2.57 bits per heavy atom. The number of aldehydes is 1. The minimum absolute atomic E-state index is 0.182. The smallest absolute Gasteiger partial charge is 0.274 e. The molecule has 0 spiro atoms. The third kappa shape index (κ3) is 2.56. The van der Waals surface area contributed by atoms with E-state index in [-0.39, 0.29) is 11.4 Å². The fourth-order valence-electron chi connectivity index (χ4n) is 0.816. The Labute approximate surface area is 86.1 Å². The first-order valence-electron chi connectivity index (χ1n) is 3.90. The van der Waals surface area contributed by atoms with Gasteiger partial charge >= 0.3 is 0 Å². The van der Waals surface area contributed by atoms with Crippen LogP contribution < -0.4 is 5.32 Å². The van der Waals surface area contributed by atoms with Gasteiger partial charge in [-0.25, -0.2) is 0 Å². The van der Waals surface area contributed by atoms with Gasteiger partial charge in [-0.05, 0) is 0 Å². The number of carbonyl (C=O) groups is 2. The predicted octanol–water partition coefficient (Wildman–Crippen LogP) is -0.958. The van der Waals surface area contributed by atoms with Gasteiger partial charge in [0, 0.05) is 12.8 Å². The number of thiol groups is 1. The van der Waals surface area contributed by atoms with Crippen LogP contribution in [0.3, 0.4) is 0 Å². The summed E-state index contributed by atoms with van der Waals surface area (Å²) < 4.78 is 1.41. The maximum absolute atomic E-state index is 11.4. The molecular weight excluding hydrogens is 204 g/mol. The molecule has 0 saturated carbocycles. The zero-order valence-electron chi connectivity index (χ0n) is 7.54. The average Bonchev–Trinajstić information content (AvgIpc) is 2.61. The second kappa shape index (κ2) is 4.75. The number of hydrogen-bond donors (Lipinski definition) is 2. The van der Waals surface area contributed by atoms with Crippen molar-refractivity contribution in [3.8, 4) is 0 Å². The molecule has 1 N–H and O–H groups in total. The zero-order valence-corrected chi connectivity index (χ0v) is 8.44. The summed E-state index contributed by atoms with van der Waals surface area (Å²) in [5.74, 6) is -0.167. The van der Waals surface area contributed by atoms with E-state index in [1.54, 1.807) is 7.05 Å². The predicted molar refractivity (Wildman–Crippen MR) is 52.2 cm³/mol. The number of aryl methyl sites for hydroxylation is 1. The van der Waals surface area contributed by atoms with Gasteiger partial charge in [-0.3, -0.25) is 9.48 Å². The van der Waals surface area contributed by atoms with Crippen LogP contribution in [0.15, 0.2) is 6.20 Å². The minimum Gasteiger partial charge on any atom is -0.340 e. The van der Waals surface area contributed by atoms with Gasteiger partial charge in [-0.15, -0.1) is 5.10 Å². The molecule has 14 heavy (non-hydrogen) atoms. The van der Waals surface area contributed by atoms with Crippen LogP contribution in [0.5, 0.6) is 0 Å². The van der Waals surface area contributed by atoms with E-state index in [4.69, 9.17) is 0 Å². The molecule has 7 heteroatoms. The summed E-state index contributed by atoms with van der Waals surface area (Å²) in [6.45, 7) is 0.